The second-order valence-electron chi connectivity index (χ2n) is 6.09. The van der Waals surface area contributed by atoms with Crippen molar-refractivity contribution in [1.82, 2.24) is 10.2 Å². The van der Waals surface area contributed by atoms with Gasteiger partial charge in [-0.1, -0.05) is 12.1 Å². The Kier molecular flexibility index (Phi) is 6.86. The van der Waals surface area contributed by atoms with Gasteiger partial charge in [0.05, 0.1) is 30.3 Å². The Balaban J connectivity index is 1.78. The maximum atomic E-state index is 12.1. The van der Waals surface area contributed by atoms with E-state index in [2.05, 4.69) is 10.6 Å². The molecule has 0 radical (unpaired) electrons. The minimum atomic E-state index is -3.02. The molecule has 1 aromatic carbocycles. The molecular formula is C16H23N3O4S2. The van der Waals surface area contributed by atoms with E-state index in [4.69, 9.17) is 0 Å². The number of carbonyl (C=O) groups excluding carboxylic acids is 2. The van der Waals surface area contributed by atoms with E-state index >= 15 is 0 Å². The number of nitrogens with one attached hydrogen (secondary N) is 2. The van der Waals surface area contributed by atoms with Crippen LogP contribution >= 0.6 is 11.8 Å². The van der Waals surface area contributed by atoms with Gasteiger partial charge in [-0.2, -0.15) is 0 Å². The van der Waals surface area contributed by atoms with Crippen LogP contribution in [0.15, 0.2) is 29.2 Å². The summed E-state index contributed by atoms with van der Waals surface area (Å²) in [7, 11) is -1.35. The Morgan fingerprint density at radius 3 is 2.56 bits per heavy atom. The number of rotatable bonds is 7. The molecule has 1 atom stereocenters. The minimum absolute atomic E-state index is 0.00555. The summed E-state index contributed by atoms with van der Waals surface area (Å²) in [6.45, 7) is 0.104. The maximum absolute atomic E-state index is 12.1. The number of thioether (sulfide) groups is 1. The molecule has 0 bridgehead atoms. The molecule has 9 heteroatoms. The van der Waals surface area contributed by atoms with Gasteiger partial charge in [-0.3, -0.25) is 14.5 Å². The van der Waals surface area contributed by atoms with E-state index < -0.39 is 9.84 Å². The molecule has 0 unspecified atom stereocenters. The highest BCUT2D eigenvalue weighted by Crippen LogP contribution is 2.24. The van der Waals surface area contributed by atoms with Crippen molar-refractivity contribution in [3.8, 4) is 0 Å². The molecule has 1 fully saturated rings. The van der Waals surface area contributed by atoms with Crippen LogP contribution in [0, 0.1) is 0 Å². The Hall–Kier alpha value is -1.58. The van der Waals surface area contributed by atoms with Crippen LogP contribution in [-0.4, -0.2) is 69.1 Å². The summed E-state index contributed by atoms with van der Waals surface area (Å²) in [6, 6.07) is 7.18. The van der Waals surface area contributed by atoms with Crippen LogP contribution in [0.3, 0.4) is 0 Å². The topological polar surface area (TPSA) is 95.6 Å². The van der Waals surface area contributed by atoms with Crippen molar-refractivity contribution in [2.45, 2.75) is 17.4 Å². The molecule has 1 aromatic rings. The highest BCUT2D eigenvalue weighted by atomic mass is 32.2. The van der Waals surface area contributed by atoms with E-state index in [-0.39, 0.29) is 42.5 Å². The van der Waals surface area contributed by atoms with Gasteiger partial charge in [-0.15, -0.1) is 11.8 Å². The number of sulfone groups is 1. The first-order valence-electron chi connectivity index (χ1n) is 7.90. The first-order chi connectivity index (χ1) is 11.8. The summed E-state index contributed by atoms with van der Waals surface area (Å²) in [6.07, 6.45) is 2.38. The normalized spacial score (nSPS) is 18.9. The number of anilines is 1. The van der Waals surface area contributed by atoms with Crippen LogP contribution in [0.5, 0.6) is 0 Å². The van der Waals surface area contributed by atoms with Crippen molar-refractivity contribution < 1.29 is 18.0 Å². The predicted molar refractivity (Wildman–Crippen MR) is 99.6 cm³/mol. The first-order valence-corrected chi connectivity index (χ1v) is 10.9. The van der Waals surface area contributed by atoms with Gasteiger partial charge in [0.2, 0.25) is 11.8 Å². The summed E-state index contributed by atoms with van der Waals surface area (Å²) in [5.41, 5.74) is 0.744. The standard InChI is InChI=1S/C16H23N3O4S2/c1-19(9-15(20)17-12-7-8-25(22,23)11-12)10-16(21)18-13-5-3-4-6-14(13)24-2/h3-6,12H,7-11H2,1-2H3,(H,17,20)(H,18,21)/t12-/m1/s1. The molecule has 0 aliphatic carbocycles. The molecular weight excluding hydrogens is 362 g/mol. The van der Waals surface area contributed by atoms with Crippen LogP contribution in [0.2, 0.25) is 0 Å². The van der Waals surface area contributed by atoms with Crippen LogP contribution < -0.4 is 10.6 Å². The number of hydrogen-bond donors (Lipinski definition) is 2. The van der Waals surface area contributed by atoms with Gasteiger partial charge < -0.3 is 10.6 Å². The molecule has 1 heterocycles. The zero-order valence-electron chi connectivity index (χ0n) is 14.3. The van der Waals surface area contributed by atoms with Crippen molar-refractivity contribution in [2.75, 3.05) is 43.2 Å². The molecule has 2 N–H and O–H groups in total. The SMILES string of the molecule is CSc1ccccc1NC(=O)CN(C)CC(=O)N[C@@H]1CCS(=O)(=O)C1. The summed E-state index contributed by atoms with van der Waals surface area (Å²) in [5, 5.41) is 5.55. The molecule has 2 rings (SSSR count). The Bertz CT molecular complexity index is 737. The molecule has 138 valence electrons. The van der Waals surface area contributed by atoms with Gasteiger partial charge in [-0.05, 0) is 31.9 Å². The first kappa shape index (κ1) is 19.7. The molecule has 0 saturated carbocycles. The Morgan fingerprint density at radius 2 is 1.92 bits per heavy atom. The van der Waals surface area contributed by atoms with Crippen LogP contribution in [0.25, 0.3) is 0 Å². The predicted octanol–water partition coefficient (Wildman–Crippen LogP) is 0.582. The summed E-state index contributed by atoms with van der Waals surface area (Å²) in [5.74, 6) is -0.374. The number of hydrogen-bond acceptors (Lipinski definition) is 6. The Labute approximate surface area is 152 Å². The fraction of sp³-hybridized carbons (Fsp3) is 0.500. The van der Waals surface area contributed by atoms with Crippen molar-refractivity contribution in [1.29, 1.82) is 0 Å². The number of para-hydroxylation sites is 1. The third-order valence-electron chi connectivity index (χ3n) is 3.81. The molecule has 1 aliphatic heterocycles. The van der Waals surface area contributed by atoms with Gasteiger partial charge in [0.15, 0.2) is 9.84 Å². The van der Waals surface area contributed by atoms with E-state index in [1.54, 1.807) is 23.7 Å². The zero-order chi connectivity index (χ0) is 18.4. The highest BCUT2D eigenvalue weighted by Gasteiger charge is 2.29. The molecule has 1 aliphatic rings. The van der Waals surface area contributed by atoms with Crippen LogP contribution in [0.1, 0.15) is 6.42 Å². The Morgan fingerprint density at radius 1 is 1.24 bits per heavy atom. The lowest BCUT2D eigenvalue weighted by molar-refractivity contribution is -0.123. The number of likely N-dealkylation sites (N-methyl/N-ethyl adjacent to an activating group) is 1. The highest BCUT2D eigenvalue weighted by molar-refractivity contribution is 7.98. The van der Waals surface area contributed by atoms with E-state index in [9.17, 15) is 18.0 Å². The van der Waals surface area contributed by atoms with Gasteiger partial charge in [0, 0.05) is 10.9 Å². The lowest BCUT2D eigenvalue weighted by atomic mass is 10.2. The number of carbonyl (C=O) groups is 2. The molecule has 25 heavy (non-hydrogen) atoms. The molecule has 7 nitrogen and oxygen atoms in total. The molecule has 1 saturated heterocycles. The van der Waals surface area contributed by atoms with Gasteiger partial charge in [0.25, 0.3) is 0 Å². The summed E-state index contributed by atoms with van der Waals surface area (Å²) >= 11 is 1.54. The number of amides is 2. The molecule has 2 amide bonds. The van der Waals surface area contributed by atoms with Crippen molar-refractivity contribution in [2.24, 2.45) is 0 Å². The lowest BCUT2D eigenvalue weighted by Crippen LogP contribution is -2.43. The second-order valence-corrected chi connectivity index (χ2v) is 9.17. The minimum Gasteiger partial charge on any atom is -0.351 e. The van der Waals surface area contributed by atoms with Gasteiger partial charge in [0.1, 0.15) is 0 Å². The van der Waals surface area contributed by atoms with E-state index in [0.717, 1.165) is 10.6 Å². The van der Waals surface area contributed by atoms with Crippen molar-refractivity contribution in [3.63, 3.8) is 0 Å². The second kappa shape index (κ2) is 8.68. The zero-order valence-corrected chi connectivity index (χ0v) is 16.0. The van der Waals surface area contributed by atoms with Crippen molar-refractivity contribution in [3.05, 3.63) is 24.3 Å². The van der Waals surface area contributed by atoms with E-state index in [1.165, 1.54) is 0 Å². The van der Waals surface area contributed by atoms with E-state index in [1.807, 2.05) is 30.5 Å². The number of benzene rings is 1. The smallest absolute Gasteiger partial charge is 0.238 e. The van der Waals surface area contributed by atoms with Gasteiger partial charge in [-0.25, -0.2) is 8.42 Å². The average Bonchev–Trinajstić information content (AvgIpc) is 2.85. The lowest BCUT2D eigenvalue weighted by Gasteiger charge is -2.18. The third-order valence-corrected chi connectivity index (χ3v) is 6.37. The average molecular weight is 386 g/mol. The fourth-order valence-corrected chi connectivity index (χ4v) is 4.89. The number of nitrogens with zero attached hydrogens (tertiary/aromatic N) is 1. The van der Waals surface area contributed by atoms with E-state index in [0.29, 0.717) is 6.42 Å². The van der Waals surface area contributed by atoms with Gasteiger partial charge >= 0.3 is 0 Å². The maximum Gasteiger partial charge on any atom is 0.238 e. The van der Waals surface area contributed by atoms with Crippen LogP contribution in [0.4, 0.5) is 5.69 Å². The fourth-order valence-electron chi connectivity index (χ4n) is 2.67. The van der Waals surface area contributed by atoms with Crippen LogP contribution in [-0.2, 0) is 19.4 Å². The molecule has 0 spiro atoms. The largest absolute Gasteiger partial charge is 0.351 e. The quantitative estimate of drug-likeness (QED) is 0.667. The third kappa shape index (κ3) is 6.33. The monoisotopic (exact) mass is 385 g/mol. The molecule has 0 aromatic heterocycles. The summed E-state index contributed by atoms with van der Waals surface area (Å²) in [4.78, 5) is 26.7. The summed E-state index contributed by atoms with van der Waals surface area (Å²) < 4.78 is 22.8. The van der Waals surface area contributed by atoms with Crippen molar-refractivity contribution >= 4 is 39.1 Å².